The summed E-state index contributed by atoms with van der Waals surface area (Å²) in [6.07, 6.45) is 1.05. The minimum atomic E-state index is -0.230. The summed E-state index contributed by atoms with van der Waals surface area (Å²) in [6.45, 7) is 6.34. The Bertz CT molecular complexity index is 814. The second-order valence-electron chi connectivity index (χ2n) is 6.80. The molecule has 6 nitrogen and oxygen atoms in total. The zero-order chi connectivity index (χ0) is 19.9. The maximum absolute atomic E-state index is 12.6. The van der Waals surface area contributed by atoms with Crippen molar-refractivity contribution in [2.45, 2.75) is 26.4 Å². The number of benzene rings is 2. The van der Waals surface area contributed by atoms with E-state index in [1.54, 1.807) is 53.4 Å². The van der Waals surface area contributed by atoms with E-state index in [9.17, 15) is 9.59 Å². The van der Waals surface area contributed by atoms with Crippen LogP contribution in [0.5, 0.6) is 5.75 Å². The van der Waals surface area contributed by atoms with Crippen LogP contribution in [0.2, 0.25) is 0 Å². The van der Waals surface area contributed by atoms with E-state index >= 15 is 0 Å². The highest BCUT2D eigenvalue weighted by molar-refractivity contribution is 6.05. The van der Waals surface area contributed by atoms with Crippen molar-refractivity contribution in [1.29, 1.82) is 0 Å². The molecule has 28 heavy (non-hydrogen) atoms. The second-order valence-corrected chi connectivity index (χ2v) is 6.80. The van der Waals surface area contributed by atoms with Gasteiger partial charge in [-0.1, -0.05) is 13.0 Å². The number of carbonyl (C=O) groups is 2. The number of nitrogens with zero attached hydrogens (tertiary/aromatic N) is 1. The molecule has 0 aliphatic carbocycles. The number of carbonyl (C=O) groups excluding carboxylic acids is 2. The zero-order valence-electron chi connectivity index (χ0n) is 16.3. The summed E-state index contributed by atoms with van der Waals surface area (Å²) in [4.78, 5) is 26.9. The van der Waals surface area contributed by atoms with Crippen molar-refractivity contribution in [3.05, 3.63) is 59.7 Å². The average Bonchev–Trinajstić information content (AvgIpc) is 2.74. The molecule has 1 atom stereocenters. The van der Waals surface area contributed by atoms with E-state index in [0.29, 0.717) is 43.1 Å². The Morgan fingerprint density at radius 2 is 1.82 bits per heavy atom. The van der Waals surface area contributed by atoms with Gasteiger partial charge in [-0.2, -0.15) is 0 Å². The van der Waals surface area contributed by atoms with Crippen LogP contribution in [0.1, 0.15) is 41.0 Å². The third-order valence-electron chi connectivity index (χ3n) is 4.69. The minimum absolute atomic E-state index is 0.0501. The Morgan fingerprint density at radius 1 is 1.11 bits per heavy atom. The Labute approximate surface area is 165 Å². The first kappa shape index (κ1) is 19.9. The summed E-state index contributed by atoms with van der Waals surface area (Å²) in [6, 6.07) is 14.1. The Kier molecular flexibility index (Phi) is 6.66. The number of hydrogen-bond acceptors (Lipinski definition) is 4. The number of rotatable bonds is 6. The maximum Gasteiger partial charge on any atom is 0.255 e. The van der Waals surface area contributed by atoms with E-state index in [1.807, 2.05) is 6.92 Å². The van der Waals surface area contributed by atoms with Crippen LogP contribution in [0, 0.1) is 0 Å². The van der Waals surface area contributed by atoms with Crippen molar-refractivity contribution < 1.29 is 19.1 Å². The van der Waals surface area contributed by atoms with E-state index < -0.39 is 0 Å². The molecular weight excluding hydrogens is 356 g/mol. The molecular formula is C22H26N2O4. The van der Waals surface area contributed by atoms with Crippen LogP contribution in [0.15, 0.2) is 48.5 Å². The Balaban J connectivity index is 1.64. The van der Waals surface area contributed by atoms with Crippen LogP contribution in [-0.4, -0.2) is 49.1 Å². The van der Waals surface area contributed by atoms with Gasteiger partial charge < -0.3 is 19.7 Å². The molecule has 2 amide bonds. The lowest BCUT2D eigenvalue weighted by atomic mass is 10.1. The van der Waals surface area contributed by atoms with Crippen molar-refractivity contribution >= 4 is 17.5 Å². The standard InChI is InChI=1S/C22H26N2O4/c1-3-16(2)28-20-9-7-17(8-10-20)21(25)23-19-6-4-5-18(15-19)22(26)24-11-13-27-14-12-24/h4-10,15-16H,3,11-14H2,1-2H3,(H,23,25). The molecule has 1 unspecified atom stereocenters. The lowest BCUT2D eigenvalue weighted by molar-refractivity contribution is 0.0303. The molecule has 6 heteroatoms. The van der Waals surface area contributed by atoms with Crippen molar-refractivity contribution in [1.82, 2.24) is 4.90 Å². The number of amides is 2. The highest BCUT2D eigenvalue weighted by atomic mass is 16.5. The fraction of sp³-hybridized carbons (Fsp3) is 0.364. The molecule has 0 saturated carbocycles. The first-order valence-electron chi connectivity index (χ1n) is 9.62. The summed E-state index contributed by atoms with van der Waals surface area (Å²) in [5, 5.41) is 2.85. The Morgan fingerprint density at radius 3 is 2.50 bits per heavy atom. The van der Waals surface area contributed by atoms with Gasteiger partial charge in [0.25, 0.3) is 11.8 Å². The molecule has 0 radical (unpaired) electrons. The molecule has 3 rings (SSSR count). The smallest absolute Gasteiger partial charge is 0.255 e. The van der Waals surface area contributed by atoms with Gasteiger partial charge in [0.05, 0.1) is 19.3 Å². The summed E-state index contributed by atoms with van der Waals surface area (Å²) in [7, 11) is 0. The third kappa shape index (κ3) is 5.10. The van der Waals surface area contributed by atoms with Crippen molar-refractivity contribution in [2.75, 3.05) is 31.6 Å². The quantitative estimate of drug-likeness (QED) is 0.829. The maximum atomic E-state index is 12.6. The van der Waals surface area contributed by atoms with Gasteiger partial charge >= 0.3 is 0 Å². The topological polar surface area (TPSA) is 67.9 Å². The molecule has 1 heterocycles. The molecule has 0 spiro atoms. The van der Waals surface area contributed by atoms with Gasteiger partial charge in [-0.25, -0.2) is 0 Å². The van der Waals surface area contributed by atoms with E-state index in [4.69, 9.17) is 9.47 Å². The molecule has 0 aromatic heterocycles. The highest BCUT2D eigenvalue weighted by Gasteiger charge is 2.19. The lowest BCUT2D eigenvalue weighted by Crippen LogP contribution is -2.40. The average molecular weight is 382 g/mol. The van der Waals surface area contributed by atoms with Gasteiger partial charge in [0.2, 0.25) is 0 Å². The SMILES string of the molecule is CCC(C)Oc1ccc(C(=O)Nc2cccc(C(=O)N3CCOCC3)c2)cc1. The number of anilines is 1. The molecule has 1 N–H and O–H groups in total. The van der Waals surface area contributed by atoms with Gasteiger partial charge in [0.15, 0.2) is 0 Å². The van der Waals surface area contributed by atoms with E-state index in [1.165, 1.54) is 0 Å². The largest absolute Gasteiger partial charge is 0.491 e. The molecule has 1 saturated heterocycles. The zero-order valence-corrected chi connectivity index (χ0v) is 16.3. The summed E-state index contributed by atoms with van der Waals surface area (Å²) in [5.41, 5.74) is 1.67. The van der Waals surface area contributed by atoms with Crippen molar-refractivity contribution in [3.8, 4) is 5.75 Å². The molecule has 0 bridgehead atoms. The molecule has 2 aromatic rings. The number of hydrogen-bond donors (Lipinski definition) is 1. The van der Waals surface area contributed by atoms with Gasteiger partial charge in [0, 0.05) is 29.9 Å². The van der Waals surface area contributed by atoms with Crippen LogP contribution >= 0.6 is 0 Å². The minimum Gasteiger partial charge on any atom is -0.491 e. The van der Waals surface area contributed by atoms with Crippen LogP contribution in [0.3, 0.4) is 0 Å². The Hall–Kier alpha value is -2.86. The second kappa shape index (κ2) is 9.37. The predicted octanol–water partition coefficient (Wildman–Crippen LogP) is 3.59. The molecule has 1 aliphatic heterocycles. The van der Waals surface area contributed by atoms with Crippen molar-refractivity contribution in [3.63, 3.8) is 0 Å². The summed E-state index contributed by atoms with van der Waals surface area (Å²) in [5.74, 6) is 0.459. The first-order valence-corrected chi connectivity index (χ1v) is 9.62. The van der Waals surface area contributed by atoms with E-state index in [0.717, 1.165) is 12.2 Å². The van der Waals surface area contributed by atoms with Crippen LogP contribution in [0.4, 0.5) is 5.69 Å². The van der Waals surface area contributed by atoms with Crippen LogP contribution in [-0.2, 0) is 4.74 Å². The number of nitrogens with one attached hydrogen (secondary N) is 1. The molecule has 1 aliphatic rings. The predicted molar refractivity (Wildman–Crippen MR) is 108 cm³/mol. The fourth-order valence-electron chi connectivity index (χ4n) is 2.88. The van der Waals surface area contributed by atoms with E-state index in [2.05, 4.69) is 12.2 Å². The number of ether oxygens (including phenoxy) is 2. The van der Waals surface area contributed by atoms with Crippen LogP contribution < -0.4 is 10.1 Å². The third-order valence-corrected chi connectivity index (χ3v) is 4.69. The van der Waals surface area contributed by atoms with Crippen molar-refractivity contribution in [2.24, 2.45) is 0 Å². The monoisotopic (exact) mass is 382 g/mol. The normalized spacial score (nSPS) is 15.0. The van der Waals surface area contributed by atoms with Crippen LogP contribution in [0.25, 0.3) is 0 Å². The lowest BCUT2D eigenvalue weighted by Gasteiger charge is -2.27. The summed E-state index contributed by atoms with van der Waals surface area (Å²) < 4.78 is 11.0. The van der Waals surface area contributed by atoms with Gasteiger partial charge in [-0.05, 0) is 55.8 Å². The van der Waals surface area contributed by atoms with E-state index in [-0.39, 0.29) is 17.9 Å². The number of morpholine rings is 1. The van der Waals surface area contributed by atoms with Gasteiger partial charge in [-0.15, -0.1) is 0 Å². The highest BCUT2D eigenvalue weighted by Crippen LogP contribution is 2.18. The first-order chi connectivity index (χ1) is 13.6. The fourth-order valence-corrected chi connectivity index (χ4v) is 2.88. The molecule has 1 fully saturated rings. The van der Waals surface area contributed by atoms with Gasteiger partial charge in [-0.3, -0.25) is 9.59 Å². The van der Waals surface area contributed by atoms with Gasteiger partial charge in [0.1, 0.15) is 5.75 Å². The molecule has 2 aromatic carbocycles. The molecule has 148 valence electrons. The summed E-state index contributed by atoms with van der Waals surface area (Å²) >= 11 is 0.